The first-order chi connectivity index (χ1) is 13.0. The van der Waals surface area contributed by atoms with E-state index in [1.54, 1.807) is 10.8 Å². The topological polar surface area (TPSA) is 98.6 Å². The first-order valence-corrected chi connectivity index (χ1v) is 9.22. The van der Waals surface area contributed by atoms with E-state index in [1.807, 2.05) is 26.0 Å². The summed E-state index contributed by atoms with van der Waals surface area (Å²) in [6.07, 6.45) is 4.54. The van der Waals surface area contributed by atoms with Gasteiger partial charge in [-0.05, 0) is 54.8 Å². The molecule has 2 aromatic rings. The molecular weight excluding hydrogens is 344 g/mol. The minimum Gasteiger partial charge on any atom is -0.453 e. The van der Waals surface area contributed by atoms with Gasteiger partial charge < -0.3 is 9.30 Å². The van der Waals surface area contributed by atoms with Crippen LogP contribution in [-0.2, 0) is 29.2 Å². The summed E-state index contributed by atoms with van der Waals surface area (Å²) in [4.78, 5) is 12.3. The molecule has 0 saturated heterocycles. The van der Waals surface area contributed by atoms with Crippen LogP contribution in [0.15, 0.2) is 11.6 Å². The lowest BCUT2D eigenvalue weighted by atomic mass is 10.1. The molecule has 8 nitrogen and oxygen atoms in total. The molecule has 0 spiro atoms. The summed E-state index contributed by atoms with van der Waals surface area (Å²) in [5.74, 6) is -0.210. The number of unbranched alkanes of at least 4 members (excludes halogenated alkanes) is 1. The SMILES string of the molecule is CCCCn1nnnc1COC(=O)/C(C#N)=C/c1cc(C)n(CCC)c1C. The highest BCUT2D eigenvalue weighted by molar-refractivity contribution is 5.98. The molecule has 2 aromatic heterocycles. The van der Waals surface area contributed by atoms with Gasteiger partial charge in [0.15, 0.2) is 12.4 Å². The van der Waals surface area contributed by atoms with Crippen LogP contribution in [-0.4, -0.2) is 30.7 Å². The number of carbonyl (C=O) groups excluding carboxylic acids is 1. The van der Waals surface area contributed by atoms with E-state index >= 15 is 0 Å². The minimum absolute atomic E-state index is 0.0423. The Balaban J connectivity index is 2.11. The molecule has 0 bridgehead atoms. The summed E-state index contributed by atoms with van der Waals surface area (Å²) < 4.78 is 9.05. The van der Waals surface area contributed by atoms with Crippen LogP contribution < -0.4 is 0 Å². The van der Waals surface area contributed by atoms with Crippen molar-refractivity contribution in [3.63, 3.8) is 0 Å². The number of rotatable bonds is 9. The van der Waals surface area contributed by atoms with E-state index in [1.165, 1.54) is 0 Å². The summed E-state index contributed by atoms with van der Waals surface area (Å²) in [5, 5.41) is 20.8. The third kappa shape index (κ3) is 5.03. The number of carbonyl (C=O) groups is 1. The normalized spacial score (nSPS) is 11.4. The lowest BCUT2D eigenvalue weighted by Crippen LogP contribution is -2.12. The van der Waals surface area contributed by atoms with Crippen LogP contribution in [0.4, 0.5) is 0 Å². The van der Waals surface area contributed by atoms with Gasteiger partial charge in [-0.15, -0.1) is 5.10 Å². The number of tetrazole rings is 1. The average Bonchev–Trinajstić information content (AvgIpc) is 3.21. The van der Waals surface area contributed by atoms with E-state index in [0.29, 0.717) is 12.4 Å². The highest BCUT2D eigenvalue weighted by Gasteiger charge is 2.16. The van der Waals surface area contributed by atoms with Gasteiger partial charge in [-0.3, -0.25) is 0 Å². The average molecular weight is 370 g/mol. The van der Waals surface area contributed by atoms with Crippen LogP contribution in [0.2, 0.25) is 0 Å². The number of esters is 1. The molecule has 0 aliphatic rings. The molecule has 0 aromatic carbocycles. The fourth-order valence-corrected chi connectivity index (χ4v) is 2.85. The number of ether oxygens (including phenoxy) is 1. The third-order valence-electron chi connectivity index (χ3n) is 4.36. The maximum atomic E-state index is 12.3. The monoisotopic (exact) mass is 370 g/mol. The Labute approximate surface area is 159 Å². The number of aryl methyl sites for hydroxylation is 2. The molecule has 0 amide bonds. The fourth-order valence-electron chi connectivity index (χ4n) is 2.85. The number of nitriles is 1. The highest BCUT2D eigenvalue weighted by atomic mass is 16.5. The van der Waals surface area contributed by atoms with Gasteiger partial charge in [0.25, 0.3) is 0 Å². The lowest BCUT2D eigenvalue weighted by molar-refractivity contribution is -0.140. The lowest BCUT2D eigenvalue weighted by Gasteiger charge is -2.07. The van der Waals surface area contributed by atoms with Crippen LogP contribution in [0, 0.1) is 25.2 Å². The molecule has 0 unspecified atom stereocenters. The van der Waals surface area contributed by atoms with Gasteiger partial charge in [0.2, 0.25) is 0 Å². The van der Waals surface area contributed by atoms with Gasteiger partial charge in [-0.25, -0.2) is 9.48 Å². The molecule has 2 rings (SSSR count). The van der Waals surface area contributed by atoms with Crippen molar-refractivity contribution in [2.45, 2.75) is 66.7 Å². The molecule has 0 N–H and O–H groups in total. The van der Waals surface area contributed by atoms with Gasteiger partial charge in [-0.2, -0.15) is 5.26 Å². The van der Waals surface area contributed by atoms with Crippen molar-refractivity contribution in [2.75, 3.05) is 0 Å². The molecule has 8 heteroatoms. The second-order valence-electron chi connectivity index (χ2n) is 6.40. The maximum absolute atomic E-state index is 12.3. The fraction of sp³-hybridized carbons (Fsp3) is 0.526. The molecular formula is C19H26N6O2. The number of nitrogens with zero attached hydrogens (tertiary/aromatic N) is 6. The highest BCUT2D eigenvalue weighted by Crippen LogP contribution is 2.19. The molecule has 2 heterocycles. The van der Waals surface area contributed by atoms with Gasteiger partial charge in [0.1, 0.15) is 11.6 Å². The van der Waals surface area contributed by atoms with Crippen molar-refractivity contribution < 1.29 is 9.53 Å². The van der Waals surface area contributed by atoms with Crippen LogP contribution in [0.1, 0.15) is 55.9 Å². The molecule has 0 radical (unpaired) electrons. The number of hydrogen-bond donors (Lipinski definition) is 0. The zero-order chi connectivity index (χ0) is 19.8. The molecule has 0 saturated carbocycles. The van der Waals surface area contributed by atoms with E-state index in [2.05, 4.69) is 33.9 Å². The van der Waals surface area contributed by atoms with Crippen LogP contribution >= 0.6 is 0 Å². The molecule has 0 fully saturated rings. The van der Waals surface area contributed by atoms with E-state index in [4.69, 9.17) is 4.74 Å². The Morgan fingerprint density at radius 1 is 1.30 bits per heavy atom. The summed E-state index contributed by atoms with van der Waals surface area (Å²) in [5.41, 5.74) is 2.93. The maximum Gasteiger partial charge on any atom is 0.349 e. The Morgan fingerprint density at radius 2 is 2.07 bits per heavy atom. The second-order valence-corrected chi connectivity index (χ2v) is 6.40. The van der Waals surface area contributed by atoms with Crippen molar-refractivity contribution in [3.8, 4) is 6.07 Å². The summed E-state index contributed by atoms with van der Waals surface area (Å²) in [6, 6.07) is 3.91. The Morgan fingerprint density at radius 3 is 2.74 bits per heavy atom. The molecule has 144 valence electrons. The Bertz CT molecular complexity index is 856. The Hall–Kier alpha value is -2.95. The zero-order valence-electron chi connectivity index (χ0n) is 16.4. The van der Waals surface area contributed by atoms with Gasteiger partial charge >= 0.3 is 5.97 Å². The first-order valence-electron chi connectivity index (χ1n) is 9.22. The van der Waals surface area contributed by atoms with E-state index in [9.17, 15) is 10.1 Å². The van der Waals surface area contributed by atoms with Crippen molar-refractivity contribution >= 4 is 12.0 Å². The van der Waals surface area contributed by atoms with E-state index in [-0.39, 0.29) is 12.2 Å². The van der Waals surface area contributed by atoms with Crippen molar-refractivity contribution in [3.05, 3.63) is 34.4 Å². The standard InChI is InChI=1S/C19H26N6O2/c1-5-7-9-25-18(21-22-23-25)13-27-19(26)17(12-20)11-16-10-14(3)24(8-6-2)15(16)4/h10-11H,5-9,13H2,1-4H3/b17-11+. The van der Waals surface area contributed by atoms with Crippen molar-refractivity contribution in [2.24, 2.45) is 0 Å². The summed E-state index contributed by atoms with van der Waals surface area (Å²) in [6.45, 7) is 9.69. The minimum atomic E-state index is -0.678. The Kier molecular flexibility index (Phi) is 7.29. The number of hydrogen-bond acceptors (Lipinski definition) is 6. The molecule has 0 aliphatic carbocycles. The molecule has 0 atom stereocenters. The third-order valence-corrected chi connectivity index (χ3v) is 4.36. The summed E-state index contributed by atoms with van der Waals surface area (Å²) in [7, 11) is 0. The smallest absolute Gasteiger partial charge is 0.349 e. The van der Waals surface area contributed by atoms with Crippen LogP contribution in [0.25, 0.3) is 6.08 Å². The predicted molar refractivity (Wildman–Crippen MR) is 100 cm³/mol. The van der Waals surface area contributed by atoms with Crippen LogP contribution in [0.5, 0.6) is 0 Å². The second kappa shape index (κ2) is 9.67. The van der Waals surface area contributed by atoms with Crippen molar-refractivity contribution in [1.29, 1.82) is 5.26 Å². The summed E-state index contributed by atoms with van der Waals surface area (Å²) >= 11 is 0. The quantitative estimate of drug-likeness (QED) is 0.382. The zero-order valence-corrected chi connectivity index (χ0v) is 16.4. The van der Waals surface area contributed by atoms with Crippen LogP contribution in [0.3, 0.4) is 0 Å². The van der Waals surface area contributed by atoms with Gasteiger partial charge in [0.05, 0.1) is 0 Å². The van der Waals surface area contributed by atoms with Crippen molar-refractivity contribution in [1.82, 2.24) is 24.8 Å². The first kappa shape index (κ1) is 20.4. The van der Waals surface area contributed by atoms with Gasteiger partial charge in [-0.1, -0.05) is 20.3 Å². The van der Waals surface area contributed by atoms with Gasteiger partial charge in [0, 0.05) is 24.5 Å². The predicted octanol–water partition coefficient (Wildman–Crippen LogP) is 2.95. The molecule has 27 heavy (non-hydrogen) atoms. The van der Waals surface area contributed by atoms with E-state index < -0.39 is 5.97 Å². The molecule has 0 aliphatic heterocycles. The van der Waals surface area contributed by atoms with E-state index in [0.717, 1.165) is 42.8 Å². The largest absolute Gasteiger partial charge is 0.453 e. The number of aromatic nitrogens is 5.